The van der Waals surface area contributed by atoms with E-state index < -0.39 is 5.91 Å². The van der Waals surface area contributed by atoms with Gasteiger partial charge in [0.25, 0.3) is 5.56 Å². The summed E-state index contributed by atoms with van der Waals surface area (Å²) in [6.07, 6.45) is 0. The smallest absolute Gasteiger partial charge is 0.261 e. The molecule has 8 heteroatoms. The van der Waals surface area contributed by atoms with Crippen molar-refractivity contribution in [2.45, 2.75) is 13.1 Å². The molecule has 1 aromatic heterocycles. The molecule has 0 unspecified atom stereocenters. The van der Waals surface area contributed by atoms with Crippen LogP contribution in [0.25, 0.3) is 10.9 Å². The van der Waals surface area contributed by atoms with E-state index in [0.29, 0.717) is 23.3 Å². The van der Waals surface area contributed by atoms with E-state index in [-0.39, 0.29) is 12.1 Å². The predicted octanol–water partition coefficient (Wildman–Crippen LogP) is 1.86. The fourth-order valence-electron chi connectivity index (χ4n) is 3.69. The normalized spacial score (nSPS) is 15.0. The molecule has 1 saturated heterocycles. The Bertz CT molecular complexity index is 1110. The molecule has 1 amide bonds. The molecule has 4 rings (SSSR count). The van der Waals surface area contributed by atoms with E-state index >= 15 is 0 Å². The van der Waals surface area contributed by atoms with Gasteiger partial charge >= 0.3 is 0 Å². The molecule has 2 N–H and O–H groups in total. The lowest BCUT2D eigenvalue weighted by Crippen LogP contribution is -2.47. The van der Waals surface area contributed by atoms with Gasteiger partial charge in [0.05, 0.1) is 17.4 Å². The first-order chi connectivity index (χ1) is 14.0. The molecule has 29 heavy (non-hydrogen) atoms. The van der Waals surface area contributed by atoms with E-state index in [1.807, 2.05) is 30.3 Å². The summed E-state index contributed by atoms with van der Waals surface area (Å²) in [4.78, 5) is 33.6. The van der Waals surface area contributed by atoms with Gasteiger partial charge in [-0.3, -0.25) is 19.1 Å². The second-order valence-electron chi connectivity index (χ2n) is 7.15. The van der Waals surface area contributed by atoms with Gasteiger partial charge in [-0.25, -0.2) is 4.98 Å². The zero-order valence-corrected chi connectivity index (χ0v) is 16.7. The molecule has 1 aliphatic rings. The van der Waals surface area contributed by atoms with E-state index in [1.165, 1.54) is 4.57 Å². The number of carbonyl (C=O) groups excluding carboxylic acids is 1. The standard InChI is InChI=1S/C21H22ClN5O2/c22-15-4-3-5-16(12-15)26-10-8-25(9-11-26)14-20-24-18-7-2-1-6-17(18)21(29)27(20)13-19(23)28/h1-7,12H,8-11,13-14H2,(H2,23,28). The highest BCUT2D eigenvalue weighted by Crippen LogP contribution is 2.21. The molecule has 2 aromatic carbocycles. The van der Waals surface area contributed by atoms with Crippen molar-refractivity contribution in [3.05, 3.63) is 69.7 Å². The van der Waals surface area contributed by atoms with Crippen molar-refractivity contribution in [2.75, 3.05) is 31.1 Å². The topological polar surface area (TPSA) is 84.5 Å². The third kappa shape index (κ3) is 4.26. The van der Waals surface area contributed by atoms with Gasteiger partial charge in [-0.15, -0.1) is 0 Å². The van der Waals surface area contributed by atoms with Crippen LogP contribution in [0.15, 0.2) is 53.3 Å². The van der Waals surface area contributed by atoms with Crippen LogP contribution >= 0.6 is 11.6 Å². The van der Waals surface area contributed by atoms with Crippen LogP contribution in [-0.4, -0.2) is 46.5 Å². The quantitative estimate of drug-likeness (QED) is 0.692. The van der Waals surface area contributed by atoms with Gasteiger partial charge in [-0.2, -0.15) is 0 Å². The minimum absolute atomic E-state index is 0.172. The highest BCUT2D eigenvalue weighted by molar-refractivity contribution is 6.30. The highest BCUT2D eigenvalue weighted by atomic mass is 35.5. The van der Waals surface area contributed by atoms with Crippen LogP contribution in [0.2, 0.25) is 5.02 Å². The van der Waals surface area contributed by atoms with Crippen molar-refractivity contribution in [2.24, 2.45) is 5.73 Å². The molecule has 0 atom stereocenters. The molecule has 1 fully saturated rings. The molecule has 0 radical (unpaired) electrons. The molecule has 1 aliphatic heterocycles. The van der Waals surface area contributed by atoms with E-state index in [4.69, 9.17) is 17.3 Å². The summed E-state index contributed by atoms with van der Waals surface area (Å²) >= 11 is 6.11. The van der Waals surface area contributed by atoms with Gasteiger partial charge in [0, 0.05) is 36.9 Å². The van der Waals surface area contributed by atoms with E-state index in [9.17, 15) is 9.59 Å². The number of anilines is 1. The number of fused-ring (bicyclic) bond motifs is 1. The first-order valence-corrected chi connectivity index (χ1v) is 9.89. The van der Waals surface area contributed by atoms with Crippen LogP contribution in [0.1, 0.15) is 5.82 Å². The molecule has 7 nitrogen and oxygen atoms in total. The van der Waals surface area contributed by atoms with Crippen LogP contribution in [-0.2, 0) is 17.9 Å². The Hall–Kier alpha value is -2.90. The van der Waals surface area contributed by atoms with Gasteiger partial charge in [0.1, 0.15) is 12.4 Å². The molecule has 150 valence electrons. The number of amides is 1. The van der Waals surface area contributed by atoms with Crippen molar-refractivity contribution in [1.82, 2.24) is 14.5 Å². The molecule has 0 saturated carbocycles. The van der Waals surface area contributed by atoms with Crippen LogP contribution in [0.4, 0.5) is 5.69 Å². The first-order valence-electron chi connectivity index (χ1n) is 9.51. The van der Waals surface area contributed by atoms with Crippen LogP contribution in [0.5, 0.6) is 0 Å². The number of para-hydroxylation sites is 1. The fraction of sp³-hybridized carbons (Fsp3) is 0.286. The number of hydrogen-bond donors (Lipinski definition) is 1. The van der Waals surface area contributed by atoms with Gasteiger partial charge in [0.2, 0.25) is 5.91 Å². The average Bonchev–Trinajstić information content (AvgIpc) is 2.71. The number of primary amides is 1. The largest absolute Gasteiger partial charge is 0.369 e. The maximum Gasteiger partial charge on any atom is 0.261 e. The van der Waals surface area contributed by atoms with Crippen molar-refractivity contribution in [3.63, 3.8) is 0 Å². The summed E-state index contributed by atoms with van der Waals surface area (Å²) < 4.78 is 1.40. The molecule has 2 heterocycles. The van der Waals surface area contributed by atoms with Crippen LogP contribution in [0.3, 0.4) is 0 Å². The third-order valence-electron chi connectivity index (χ3n) is 5.17. The number of rotatable bonds is 5. The monoisotopic (exact) mass is 411 g/mol. The van der Waals surface area contributed by atoms with E-state index in [2.05, 4.69) is 20.9 Å². The maximum atomic E-state index is 12.9. The van der Waals surface area contributed by atoms with Crippen LogP contribution in [0, 0.1) is 0 Å². The molecule has 3 aromatic rings. The Morgan fingerprint density at radius 3 is 2.55 bits per heavy atom. The summed E-state index contributed by atoms with van der Waals surface area (Å²) in [5, 5.41) is 1.21. The van der Waals surface area contributed by atoms with E-state index in [0.717, 1.165) is 36.9 Å². The Labute approximate surface area is 173 Å². The molecular formula is C21H22ClN5O2. The molecule has 0 bridgehead atoms. The summed E-state index contributed by atoms with van der Waals surface area (Å²) in [7, 11) is 0. The second-order valence-corrected chi connectivity index (χ2v) is 7.58. The Balaban J connectivity index is 1.55. The summed E-state index contributed by atoms with van der Waals surface area (Å²) in [6, 6.07) is 15.0. The number of aromatic nitrogens is 2. The Morgan fingerprint density at radius 1 is 1.07 bits per heavy atom. The van der Waals surface area contributed by atoms with E-state index in [1.54, 1.807) is 12.1 Å². The van der Waals surface area contributed by atoms with Crippen LogP contribution < -0.4 is 16.2 Å². The highest BCUT2D eigenvalue weighted by Gasteiger charge is 2.20. The zero-order valence-electron chi connectivity index (χ0n) is 15.9. The van der Waals surface area contributed by atoms with Crippen molar-refractivity contribution in [1.29, 1.82) is 0 Å². The lowest BCUT2D eigenvalue weighted by atomic mass is 10.2. The number of nitrogens with two attached hydrogens (primary N) is 1. The summed E-state index contributed by atoms with van der Waals surface area (Å²) in [5.74, 6) is -0.0000812. The number of halogens is 1. The number of nitrogens with zero attached hydrogens (tertiary/aromatic N) is 4. The SMILES string of the molecule is NC(=O)Cn1c(CN2CCN(c3cccc(Cl)c3)CC2)nc2ccccc2c1=O. The average molecular weight is 412 g/mol. The lowest BCUT2D eigenvalue weighted by molar-refractivity contribution is -0.118. The Kier molecular flexibility index (Phi) is 5.51. The second kappa shape index (κ2) is 8.23. The molecule has 0 aliphatic carbocycles. The Morgan fingerprint density at radius 2 is 1.83 bits per heavy atom. The first kappa shape index (κ1) is 19.4. The van der Waals surface area contributed by atoms with Gasteiger partial charge in [-0.1, -0.05) is 29.8 Å². The number of piperazine rings is 1. The minimum atomic E-state index is -0.559. The lowest BCUT2D eigenvalue weighted by Gasteiger charge is -2.36. The summed E-state index contributed by atoms with van der Waals surface area (Å²) in [6.45, 7) is 3.62. The molecule has 0 spiro atoms. The summed E-state index contributed by atoms with van der Waals surface area (Å²) in [5.41, 5.74) is 6.88. The number of hydrogen-bond acceptors (Lipinski definition) is 5. The van der Waals surface area contributed by atoms with Gasteiger partial charge in [-0.05, 0) is 30.3 Å². The number of benzene rings is 2. The third-order valence-corrected chi connectivity index (χ3v) is 5.40. The molecular weight excluding hydrogens is 390 g/mol. The maximum absolute atomic E-state index is 12.9. The van der Waals surface area contributed by atoms with Crippen molar-refractivity contribution >= 4 is 34.1 Å². The van der Waals surface area contributed by atoms with Crippen molar-refractivity contribution in [3.8, 4) is 0 Å². The van der Waals surface area contributed by atoms with Crippen molar-refractivity contribution < 1.29 is 4.79 Å². The van der Waals surface area contributed by atoms with Gasteiger partial charge < -0.3 is 10.6 Å². The number of carbonyl (C=O) groups is 1. The fourth-order valence-corrected chi connectivity index (χ4v) is 3.88. The zero-order chi connectivity index (χ0) is 20.4. The minimum Gasteiger partial charge on any atom is -0.369 e. The van der Waals surface area contributed by atoms with Gasteiger partial charge in [0.15, 0.2) is 0 Å². The predicted molar refractivity (Wildman–Crippen MR) is 114 cm³/mol.